The van der Waals surface area contributed by atoms with Crippen molar-refractivity contribution in [3.8, 4) is 17.3 Å². The largest absolute Gasteiger partial charge is 0.341 e. The molecule has 7 heteroatoms. The fourth-order valence-electron chi connectivity index (χ4n) is 2.48. The average Bonchev–Trinajstić information content (AvgIpc) is 3.05. The van der Waals surface area contributed by atoms with Crippen LogP contribution in [0.4, 0.5) is 0 Å². The molecule has 0 aliphatic rings. The van der Waals surface area contributed by atoms with E-state index in [4.69, 9.17) is 5.26 Å². The maximum absolute atomic E-state index is 12.5. The summed E-state index contributed by atoms with van der Waals surface area (Å²) in [6.45, 7) is 5.82. The lowest BCUT2D eigenvalue weighted by Crippen LogP contribution is -2.47. The van der Waals surface area contributed by atoms with Crippen molar-refractivity contribution in [2.24, 2.45) is 5.92 Å². The highest BCUT2D eigenvalue weighted by molar-refractivity contribution is 7.09. The molecule has 0 aliphatic carbocycles. The predicted octanol–water partition coefficient (Wildman–Crippen LogP) is 2.90. The first kappa shape index (κ1) is 19.6. The number of carbonyl (C=O) groups is 2. The Morgan fingerprint density at radius 1 is 1.27 bits per heavy atom. The number of aromatic nitrogens is 1. The molecule has 1 aromatic heterocycles. The third kappa shape index (κ3) is 5.39. The van der Waals surface area contributed by atoms with Crippen molar-refractivity contribution >= 4 is 23.2 Å². The van der Waals surface area contributed by atoms with E-state index < -0.39 is 6.04 Å². The lowest BCUT2D eigenvalue weighted by molar-refractivity contribution is -0.123. The molecule has 136 valence electrons. The molecule has 0 saturated heterocycles. The zero-order chi connectivity index (χ0) is 19.1. The Balaban J connectivity index is 2.08. The van der Waals surface area contributed by atoms with E-state index in [1.807, 2.05) is 44.4 Å². The summed E-state index contributed by atoms with van der Waals surface area (Å²) in [6.07, 6.45) is 0.499. The van der Waals surface area contributed by atoms with Crippen LogP contribution in [0.5, 0.6) is 0 Å². The minimum Gasteiger partial charge on any atom is -0.341 e. The number of nitriles is 1. The molecule has 2 aromatic rings. The Morgan fingerprint density at radius 3 is 2.50 bits per heavy atom. The van der Waals surface area contributed by atoms with Crippen LogP contribution in [0.2, 0.25) is 0 Å². The van der Waals surface area contributed by atoms with Gasteiger partial charge >= 0.3 is 0 Å². The van der Waals surface area contributed by atoms with E-state index in [0.29, 0.717) is 12.0 Å². The summed E-state index contributed by atoms with van der Waals surface area (Å²) < 4.78 is 0. The van der Waals surface area contributed by atoms with E-state index in [0.717, 1.165) is 16.3 Å². The van der Waals surface area contributed by atoms with Crippen LogP contribution < -0.4 is 10.6 Å². The molecule has 2 N–H and O–H groups in total. The van der Waals surface area contributed by atoms with Crippen LogP contribution in [-0.4, -0.2) is 29.4 Å². The van der Waals surface area contributed by atoms with Crippen LogP contribution in [0.25, 0.3) is 11.3 Å². The first-order chi connectivity index (χ1) is 12.4. The van der Waals surface area contributed by atoms with E-state index in [1.54, 1.807) is 23.5 Å². The number of amides is 2. The molecule has 2 amide bonds. The SMILES string of the molecule is Cc1nc(-c2ccc(C(=O)N[C@@H](CC(C)C)C(=O)NCC#N)cc2)cs1. The first-order valence-corrected chi connectivity index (χ1v) is 9.26. The molecule has 0 saturated carbocycles. The summed E-state index contributed by atoms with van der Waals surface area (Å²) in [7, 11) is 0. The van der Waals surface area contributed by atoms with E-state index in [1.165, 1.54) is 0 Å². The molecule has 0 spiro atoms. The molecular formula is C19H22N4O2S. The van der Waals surface area contributed by atoms with Crippen LogP contribution >= 0.6 is 11.3 Å². The number of hydrogen-bond donors (Lipinski definition) is 2. The number of nitrogens with zero attached hydrogens (tertiary/aromatic N) is 2. The van der Waals surface area contributed by atoms with Crippen LogP contribution in [0.1, 0.15) is 35.6 Å². The number of rotatable bonds is 7. The summed E-state index contributed by atoms with van der Waals surface area (Å²) in [5.74, 6) is -0.435. The number of nitrogens with one attached hydrogen (secondary N) is 2. The van der Waals surface area contributed by atoms with Crippen LogP contribution in [0.3, 0.4) is 0 Å². The fraction of sp³-hybridized carbons (Fsp3) is 0.368. The average molecular weight is 370 g/mol. The van der Waals surface area contributed by atoms with Gasteiger partial charge in [0.25, 0.3) is 5.91 Å². The van der Waals surface area contributed by atoms with Gasteiger partial charge in [-0.25, -0.2) is 4.98 Å². The van der Waals surface area contributed by atoms with Crippen molar-refractivity contribution in [1.29, 1.82) is 5.26 Å². The summed E-state index contributed by atoms with van der Waals surface area (Å²) in [6, 6.07) is 8.33. The molecule has 0 aliphatic heterocycles. The minimum atomic E-state index is -0.670. The Kier molecular flexibility index (Phi) is 6.87. The van der Waals surface area contributed by atoms with Gasteiger partial charge in [0.15, 0.2) is 0 Å². The second-order valence-corrected chi connectivity index (χ2v) is 7.42. The Morgan fingerprint density at radius 2 is 1.96 bits per heavy atom. The zero-order valence-electron chi connectivity index (χ0n) is 15.1. The summed E-state index contributed by atoms with van der Waals surface area (Å²) in [4.78, 5) is 29.1. The highest BCUT2D eigenvalue weighted by Crippen LogP contribution is 2.21. The molecule has 6 nitrogen and oxygen atoms in total. The van der Waals surface area contributed by atoms with Gasteiger partial charge in [-0.1, -0.05) is 26.0 Å². The van der Waals surface area contributed by atoms with Gasteiger partial charge in [-0.15, -0.1) is 11.3 Å². The molecule has 0 unspecified atom stereocenters. The Labute approximate surface area is 157 Å². The predicted molar refractivity (Wildman–Crippen MR) is 102 cm³/mol. The lowest BCUT2D eigenvalue weighted by Gasteiger charge is -2.19. The van der Waals surface area contributed by atoms with E-state index in [9.17, 15) is 9.59 Å². The maximum Gasteiger partial charge on any atom is 0.251 e. The summed E-state index contributed by atoms with van der Waals surface area (Å²) in [5, 5.41) is 16.8. The van der Waals surface area contributed by atoms with E-state index >= 15 is 0 Å². The summed E-state index contributed by atoms with van der Waals surface area (Å²) in [5.41, 5.74) is 2.30. The van der Waals surface area contributed by atoms with Crippen molar-refractivity contribution < 1.29 is 9.59 Å². The lowest BCUT2D eigenvalue weighted by atomic mass is 10.0. The van der Waals surface area contributed by atoms with Crippen molar-refractivity contribution in [3.63, 3.8) is 0 Å². The van der Waals surface area contributed by atoms with Crippen molar-refractivity contribution in [1.82, 2.24) is 15.6 Å². The summed E-state index contributed by atoms with van der Waals surface area (Å²) >= 11 is 1.58. The number of carbonyl (C=O) groups excluding carboxylic acids is 2. The van der Waals surface area contributed by atoms with Gasteiger partial charge in [0.05, 0.1) is 16.8 Å². The van der Waals surface area contributed by atoms with Crippen LogP contribution in [-0.2, 0) is 4.79 Å². The second kappa shape index (κ2) is 9.11. The molecular weight excluding hydrogens is 348 g/mol. The topological polar surface area (TPSA) is 94.9 Å². The van der Waals surface area contributed by atoms with Gasteiger partial charge in [-0.2, -0.15) is 5.26 Å². The second-order valence-electron chi connectivity index (χ2n) is 6.36. The van der Waals surface area contributed by atoms with Gasteiger partial charge in [-0.05, 0) is 31.4 Å². The molecule has 1 aromatic carbocycles. The number of benzene rings is 1. The number of hydrogen-bond acceptors (Lipinski definition) is 5. The molecule has 1 heterocycles. The van der Waals surface area contributed by atoms with Gasteiger partial charge in [-0.3, -0.25) is 9.59 Å². The standard InChI is InChI=1S/C19H22N4O2S/c1-12(2)10-16(19(25)21-9-8-20)23-18(24)15-6-4-14(5-7-15)17-11-26-13(3)22-17/h4-7,11-12,16H,9-10H2,1-3H3,(H,21,25)(H,23,24)/t16-/m0/s1. The molecule has 2 rings (SSSR count). The Hall–Kier alpha value is -2.72. The smallest absolute Gasteiger partial charge is 0.251 e. The molecule has 0 radical (unpaired) electrons. The minimum absolute atomic E-state index is 0.0783. The van der Waals surface area contributed by atoms with Crippen molar-refractivity contribution in [3.05, 3.63) is 40.2 Å². The van der Waals surface area contributed by atoms with E-state index in [2.05, 4.69) is 15.6 Å². The quantitative estimate of drug-likeness (QED) is 0.733. The fourth-order valence-corrected chi connectivity index (χ4v) is 3.10. The third-order valence-electron chi connectivity index (χ3n) is 3.73. The third-order valence-corrected chi connectivity index (χ3v) is 4.51. The first-order valence-electron chi connectivity index (χ1n) is 8.38. The molecule has 0 fully saturated rings. The molecule has 0 bridgehead atoms. The van der Waals surface area contributed by atoms with Gasteiger partial charge in [0.2, 0.25) is 5.91 Å². The molecule has 1 atom stereocenters. The van der Waals surface area contributed by atoms with Crippen LogP contribution in [0.15, 0.2) is 29.6 Å². The zero-order valence-corrected chi connectivity index (χ0v) is 15.9. The molecule has 26 heavy (non-hydrogen) atoms. The van der Waals surface area contributed by atoms with E-state index in [-0.39, 0.29) is 24.3 Å². The van der Waals surface area contributed by atoms with Crippen LogP contribution in [0, 0.1) is 24.2 Å². The van der Waals surface area contributed by atoms with Crippen molar-refractivity contribution in [2.45, 2.75) is 33.2 Å². The Bertz CT molecular complexity index is 806. The van der Waals surface area contributed by atoms with Gasteiger partial charge in [0, 0.05) is 16.5 Å². The highest BCUT2D eigenvalue weighted by atomic mass is 32.1. The number of thiazole rings is 1. The van der Waals surface area contributed by atoms with Gasteiger partial charge in [0.1, 0.15) is 12.6 Å². The monoisotopic (exact) mass is 370 g/mol. The number of aryl methyl sites for hydroxylation is 1. The highest BCUT2D eigenvalue weighted by Gasteiger charge is 2.22. The maximum atomic E-state index is 12.5. The van der Waals surface area contributed by atoms with Gasteiger partial charge < -0.3 is 10.6 Å². The normalized spacial score (nSPS) is 11.7. The van der Waals surface area contributed by atoms with Crippen molar-refractivity contribution in [2.75, 3.05) is 6.54 Å².